The van der Waals surface area contributed by atoms with Crippen LogP contribution in [-0.2, 0) is 32.0 Å². The first-order valence-electron chi connectivity index (χ1n) is 10.7. The van der Waals surface area contributed by atoms with Gasteiger partial charge < -0.3 is 26.7 Å². The highest BCUT2D eigenvalue weighted by atomic mass is 35.5. The Morgan fingerprint density at radius 2 is 1.68 bits per heavy atom. The fourth-order valence-corrected chi connectivity index (χ4v) is 3.80. The monoisotopic (exact) mass is 483 g/mol. The number of primary amides is 1. The molecule has 0 unspecified atom stereocenters. The SMILES string of the molecule is CC(=O)N[C@H](Cc1c[nH]c2cc(Cl)ccc12)C(=O)N[C@@H](Cc1ccccc1)C(=O)NCC(N)=O. The third kappa shape index (κ3) is 6.82. The van der Waals surface area contributed by atoms with Gasteiger partial charge in [-0.2, -0.15) is 0 Å². The van der Waals surface area contributed by atoms with Crippen molar-refractivity contribution in [3.63, 3.8) is 0 Å². The summed E-state index contributed by atoms with van der Waals surface area (Å²) in [7, 11) is 0. The number of rotatable bonds is 10. The maximum atomic E-state index is 13.2. The van der Waals surface area contributed by atoms with E-state index in [1.165, 1.54) is 6.92 Å². The molecule has 9 nitrogen and oxygen atoms in total. The Bertz CT molecular complexity index is 1190. The van der Waals surface area contributed by atoms with Crippen molar-refractivity contribution in [2.75, 3.05) is 6.54 Å². The van der Waals surface area contributed by atoms with Gasteiger partial charge in [0, 0.05) is 41.9 Å². The van der Waals surface area contributed by atoms with Crippen LogP contribution in [0.5, 0.6) is 0 Å². The van der Waals surface area contributed by atoms with Gasteiger partial charge in [-0.3, -0.25) is 19.2 Å². The molecule has 1 heterocycles. The number of nitrogens with one attached hydrogen (secondary N) is 4. The van der Waals surface area contributed by atoms with Gasteiger partial charge in [0.2, 0.25) is 23.6 Å². The molecule has 3 rings (SSSR count). The summed E-state index contributed by atoms with van der Waals surface area (Å²) in [6.45, 7) is 0.962. The van der Waals surface area contributed by atoms with Crippen LogP contribution in [0.15, 0.2) is 54.7 Å². The first-order valence-corrected chi connectivity index (χ1v) is 11.0. The van der Waals surface area contributed by atoms with Crippen LogP contribution >= 0.6 is 11.6 Å². The van der Waals surface area contributed by atoms with Gasteiger partial charge in [-0.15, -0.1) is 0 Å². The van der Waals surface area contributed by atoms with Crippen LogP contribution in [0.2, 0.25) is 5.02 Å². The van der Waals surface area contributed by atoms with Crippen LogP contribution in [-0.4, -0.2) is 47.2 Å². The quantitative estimate of drug-likeness (QED) is 0.295. The van der Waals surface area contributed by atoms with E-state index in [4.69, 9.17) is 17.3 Å². The number of H-pyrrole nitrogens is 1. The van der Waals surface area contributed by atoms with E-state index in [0.717, 1.165) is 22.0 Å². The molecule has 0 saturated carbocycles. The average molecular weight is 484 g/mol. The second kappa shape index (κ2) is 11.3. The summed E-state index contributed by atoms with van der Waals surface area (Å²) in [4.78, 5) is 52.0. The summed E-state index contributed by atoms with van der Waals surface area (Å²) < 4.78 is 0. The molecule has 178 valence electrons. The van der Waals surface area contributed by atoms with Crippen LogP contribution in [0.1, 0.15) is 18.1 Å². The molecular weight excluding hydrogens is 458 g/mol. The van der Waals surface area contributed by atoms with E-state index in [2.05, 4.69) is 20.9 Å². The molecular formula is C24H26ClN5O4. The highest BCUT2D eigenvalue weighted by molar-refractivity contribution is 6.31. The van der Waals surface area contributed by atoms with E-state index < -0.39 is 29.8 Å². The van der Waals surface area contributed by atoms with E-state index in [-0.39, 0.29) is 25.3 Å². The third-order valence-corrected chi connectivity index (χ3v) is 5.44. The van der Waals surface area contributed by atoms with Crippen LogP contribution in [0.4, 0.5) is 0 Å². The minimum atomic E-state index is -0.979. The van der Waals surface area contributed by atoms with Crippen LogP contribution in [0, 0.1) is 0 Å². The zero-order valence-corrected chi connectivity index (χ0v) is 19.3. The average Bonchev–Trinajstić information content (AvgIpc) is 3.18. The van der Waals surface area contributed by atoms with Crippen LogP contribution < -0.4 is 21.7 Å². The predicted molar refractivity (Wildman–Crippen MR) is 129 cm³/mol. The van der Waals surface area contributed by atoms with Crippen molar-refractivity contribution < 1.29 is 19.2 Å². The van der Waals surface area contributed by atoms with Crippen LogP contribution in [0.3, 0.4) is 0 Å². The largest absolute Gasteiger partial charge is 0.368 e. The van der Waals surface area contributed by atoms with Crippen LogP contribution in [0.25, 0.3) is 10.9 Å². The molecule has 4 amide bonds. The molecule has 6 N–H and O–H groups in total. The maximum absolute atomic E-state index is 13.2. The molecule has 0 aliphatic rings. The van der Waals surface area contributed by atoms with Crippen molar-refractivity contribution in [2.45, 2.75) is 31.8 Å². The highest BCUT2D eigenvalue weighted by Crippen LogP contribution is 2.23. The number of hydrogen-bond acceptors (Lipinski definition) is 4. The van der Waals surface area contributed by atoms with E-state index in [1.54, 1.807) is 18.3 Å². The molecule has 0 aliphatic heterocycles. The van der Waals surface area contributed by atoms with Gasteiger partial charge in [0.05, 0.1) is 6.54 Å². The molecule has 10 heteroatoms. The van der Waals surface area contributed by atoms with E-state index in [0.29, 0.717) is 5.02 Å². The molecule has 3 aromatic rings. The van der Waals surface area contributed by atoms with Crippen molar-refractivity contribution >= 4 is 46.1 Å². The molecule has 0 spiro atoms. The van der Waals surface area contributed by atoms with E-state index >= 15 is 0 Å². The summed E-state index contributed by atoms with van der Waals surface area (Å²) in [5, 5.41) is 9.24. The zero-order valence-electron chi connectivity index (χ0n) is 18.6. The normalized spacial score (nSPS) is 12.5. The first-order chi connectivity index (χ1) is 16.2. The van der Waals surface area contributed by atoms with E-state index in [1.807, 2.05) is 36.4 Å². The van der Waals surface area contributed by atoms with Gasteiger partial charge in [-0.25, -0.2) is 0 Å². The molecule has 34 heavy (non-hydrogen) atoms. The third-order valence-electron chi connectivity index (χ3n) is 5.20. The number of fused-ring (bicyclic) bond motifs is 1. The second-order valence-electron chi connectivity index (χ2n) is 7.90. The van der Waals surface area contributed by atoms with Crippen molar-refractivity contribution in [1.82, 2.24) is 20.9 Å². The predicted octanol–water partition coefficient (Wildman–Crippen LogP) is 1.20. The van der Waals surface area contributed by atoms with Crippen molar-refractivity contribution in [2.24, 2.45) is 5.73 Å². The van der Waals surface area contributed by atoms with Crippen molar-refractivity contribution in [1.29, 1.82) is 0 Å². The minimum absolute atomic E-state index is 0.188. The summed E-state index contributed by atoms with van der Waals surface area (Å²) in [6.07, 6.45) is 2.13. The number of carbonyl (C=O) groups is 4. The Kier molecular flexibility index (Phi) is 8.26. The Labute approximate surface area is 201 Å². The lowest BCUT2D eigenvalue weighted by Crippen LogP contribution is -2.55. The lowest BCUT2D eigenvalue weighted by atomic mass is 10.0. The van der Waals surface area contributed by atoms with Gasteiger partial charge in [-0.1, -0.05) is 48.0 Å². The number of hydrogen-bond donors (Lipinski definition) is 5. The Morgan fingerprint density at radius 3 is 2.35 bits per heavy atom. The Balaban J connectivity index is 1.81. The summed E-state index contributed by atoms with van der Waals surface area (Å²) in [5.74, 6) is -2.18. The summed E-state index contributed by atoms with van der Waals surface area (Å²) in [6, 6.07) is 12.6. The van der Waals surface area contributed by atoms with E-state index in [9.17, 15) is 19.2 Å². The van der Waals surface area contributed by atoms with Gasteiger partial charge >= 0.3 is 0 Å². The lowest BCUT2D eigenvalue weighted by molar-refractivity contribution is -0.132. The maximum Gasteiger partial charge on any atom is 0.243 e. The van der Waals surface area contributed by atoms with Gasteiger partial charge in [-0.05, 0) is 23.3 Å². The number of halogens is 1. The van der Waals surface area contributed by atoms with Crippen molar-refractivity contribution in [3.05, 3.63) is 70.9 Å². The fourth-order valence-electron chi connectivity index (χ4n) is 3.63. The standard InChI is InChI=1S/C24H26ClN5O4/c1-14(31)29-21(10-16-12-27-19-11-17(25)7-8-18(16)19)24(34)30-20(23(33)28-13-22(26)32)9-15-5-3-2-4-6-15/h2-8,11-12,20-21,27H,9-10,13H2,1H3,(H2,26,32)(H,28,33)(H,29,31)(H,30,34)/t20-,21+/m0/s1. The van der Waals surface area contributed by atoms with Gasteiger partial charge in [0.25, 0.3) is 0 Å². The van der Waals surface area contributed by atoms with Gasteiger partial charge in [0.15, 0.2) is 0 Å². The second-order valence-corrected chi connectivity index (χ2v) is 8.33. The molecule has 0 fully saturated rings. The number of nitrogens with two attached hydrogens (primary N) is 1. The molecule has 0 aliphatic carbocycles. The van der Waals surface area contributed by atoms with Gasteiger partial charge in [0.1, 0.15) is 12.1 Å². The number of benzene rings is 2. The number of carbonyl (C=O) groups excluding carboxylic acids is 4. The number of aromatic amines is 1. The number of amides is 4. The Hall–Kier alpha value is -3.85. The number of aromatic nitrogens is 1. The summed E-state index contributed by atoms with van der Waals surface area (Å²) >= 11 is 6.04. The summed E-state index contributed by atoms with van der Waals surface area (Å²) in [5.41, 5.74) is 7.55. The lowest BCUT2D eigenvalue weighted by Gasteiger charge is -2.23. The topological polar surface area (TPSA) is 146 Å². The molecule has 0 bridgehead atoms. The molecule has 1 aromatic heterocycles. The zero-order chi connectivity index (χ0) is 24.7. The first kappa shape index (κ1) is 24.8. The fraction of sp³-hybridized carbons (Fsp3) is 0.250. The smallest absolute Gasteiger partial charge is 0.243 e. The highest BCUT2D eigenvalue weighted by Gasteiger charge is 2.27. The molecule has 0 radical (unpaired) electrons. The minimum Gasteiger partial charge on any atom is -0.368 e. The molecule has 2 aromatic carbocycles. The van der Waals surface area contributed by atoms with Crippen molar-refractivity contribution in [3.8, 4) is 0 Å². The molecule has 2 atom stereocenters. The molecule has 0 saturated heterocycles. The Morgan fingerprint density at radius 1 is 0.971 bits per heavy atom.